The minimum atomic E-state index is -0.521. The van der Waals surface area contributed by atoms with Gasteiger partial charge in [-0.15, -0.1) is 0 Å². The molecule has 0 aliphatic rings. The number of carbonyl (C=O) groups is 1. The van der Waals surface area contributed by atoms with E-state index in [1.54, 1.807) is 20.1 Å². The van der Waals surface area contributed by atoms with Crippen LogP contribution >= 0.6 is 11.6 Å². The first kappa shape index (κ1) is 14.0. The van der Waals surface area contributed by atoms with Crippen molar-refractivity contribution in [1.29, 1.82) is 0 Å². The van der Waals surface area contributed by atoms with Crippen LogP contribution in [0.2, 0.25) is 5.02 Å². The van der Waals surface area contributed by atoms with Crippen LogP contribution in [-0.4, -0.2) is 25.6 Å². The Morgan fingerprint density at radius 2 is 2.29 bits per heavy atom. The Kier molecular flexibility index (Phi) is 5.41. The maximum Gasteiger partial charge on any atom is 0.236 e. The molecule has 0 bridgehead atoms. The molecule has 1 aromatic carbocycles. The van der Waals surface area contributed by atoms with Crippen molar-refractivity contribution in [3.63, 3.8) is 0 Å². The second kappa shape index (κ2) is 6.59. The third kappa shape index (κ3) is 4.34. The van der Waals surface area contributed by atoms with Gasteiger partial charge in [-0.1, -0.05) is 23.7 Å². The maximum atomic E-state index is 11.3. The molecule has 0 radical (unpaired) electrons. The quantitative estimate of drug-likeness (QED) is 0.839. The molecule has 1 rings (SSSR count). The third-order valence-corrected chi connectivity index (χ3v) is 2.62. The van der Waals surface area contributed by atoms with E-state index in [1.165, 1.54) is 0 Å². The van der Waals surface area contributed by atoms with Gasteiger partial charge in [0.1, 0.15) is 0 Å². The summed E-state index contributed by atoms with van der Waals surface area (Å²) in [6.45, 7) is 2.01. The molecule has 0 aliphatic heterocycles. The third-order valence-electron chi connectivity index (χ3n) is 2.38. The summed E-state index contributed by atoms with van der Waals surface area (Å²) >= 11 is 5.90. The van der Waals surface area contributed by atoms with Gasteiger partial charge < -0.3 is 15.8 Å². The van der Waals surface area contributed by atoms with Crippen molar-refractivity contribution >= 4 is 17.5 Å². The molecule has 0 saturated carbocycles. The van der Waals surface area contributed by atoms with E-state index in [9.17, 15) is 4.79 Å². The Balaban J connectivity index is 2.63. The average Bonchev–Trinajstić information content (AvgIpc) is 2.29. The first-order valence-electron chi connectivity index (χ1n) is 5.36. The summed E-state index contributed by atoms with van der Waals surface area (Å²) in [6.07, 6.45) is -0.226. The monoisotopic (exact) mass is 256 g/mol. The van der Waals surface area contributed by atoms with Crippen LogP contribution in [0.4, 0.5) is 0 Å². The highest BCUT2D eigenvalue weighted by Gasteiger charge is 2.13. The molecule has 1 unspecified atom stereocenters. The number of amides is 1. The van der Waals surface area contributed by atoms with Gasteiger partial charge in [0.05, 0.1) is 12.1 Å². The Morgan fingerprint density at radius 3 is 2.82 bits per heavy atom. The number of benzene rings is 1. The summed E-state index contributed by atoms with van der Waals surface area (Å²) in [6, 6.07) is 6.83. The van der Waals surface area contributed by atoms with Crippen molar-refractivity contribution in [1.82, 2.24) is 5.32 Å². The Labute approximate surface area is 106 Å². The van der Waals surface area contributed by atoms with Gasteiger partial charge in [0.2, 0.25) is 5.91 Å². The fourth-order valence-electron chi connectivity index (χ4n) is 1.40. The zero-order valence-electron chi connectivity index (χ0n) is 9.94. The van der Waals surface area contributed by atoms with Crippen LogP contribution in [0, 0.1) is 0 Å². The lowest BCUT2D eigenvalue weighted by atomic mass is 10.1. The molecule has 17 heavy (non-hydrogen) atoms. The van der Waals surface area contributed by atoms with Crippen molar-refractivity contribution in [2.75, 3.05) is 13.7 Å². The molecule has 5 heteroatoms. The first-order chi connectivity index (χ1) is 8.04. The molecule has 2 atom stereocenters. The highest BCUT2D eigenvalue weighted by atomic mass is 35.5. The summed E-state index contributed by atoms with van der Waals surface area (Å²) in [5.74, 6) is -0.200. The maximum absolute atomic E-state index is 11.3. The molecule has 3 N–H and O–H groups in total. The number of hydrogen-bond donors (Lipinski definition) is 2. The van der Waals surface area contributed by atoms with Crippen molar-refractivity contribution in [2.45, 2.75) is 19.1 Å². The van der Waals surface area contributed by atoms with E-state index in [1.807, 2.05) is 18.2 Å². The van der Waals surface area contributed by atoms with E-state index >= 15 is 0 Å². The zero-order valence-corrected chi connectivity index (χ0v) is 10.7. The van der Waals surface area contributed by atoms with Crippen molar-refractivity contribution in [3.8, 4) is 0 Å². The summed E-state index contributed by atoms with van der Waals surface area (Å²) in [7, 11) is 1.59. The zero-order chi connectivity index (χ0) is 12.8. The second-order valence-electron chi connectivity index (χ2n) is 3.81. The number of hydrogen-bond acceptors (Lipinski definition) is 3. The van der Waals surface area contributed by atoms with Crippen LogP contribution in [0.5, 0.6) is 0 Å². The minimum absolute atomic E-state index is 0.200. The molecule has 4 nitrogen and oxygen atoms in total. The van der Waals surface area contributed by atoms with Gasteiger partial charge in [0, 0.05) is 18.7 Å². The molecular formula is C12H17ClN2O2. The molecule has 0 fully saturated rings. The normalized spacial score (nSPS) is 14.1. The number of halogens is 1. The number of methoxy groups -OCH3 is 1. The first-order valence-corrected chi connectivity index (χ1v) is 5.74. The second-order valence-corrected chi connectivity index (χ2v) is 4.25. The number of nitrogens with two attached hydrogens (primary N) is 1. The molecule has 1 aromatic rings. The van der Waals surface area contributed by atoms with Crippen molar-refractivity contribution in [3.05, 3.63) is 34.9 Å². The highest BCUT2D eigenvalue weighted by Crippen LogP contribution is 2.19. The minimum Gasteiger partial charge on any atom is -0.375 e. The van der Waals surface area contributed by atoms with Crippen LogP contribution in [-0.2, 0) is 9.53 Å². The van der Waals surface area contributed by atoms with E-state index in [-0.39, 0.29) is 12.0 Å². The standard InChI is InChI=1S/C12H17ClN2O2/c1-8(14)12(16)15-7-11(17-2)9-4-3-5-10(13)6-9/h3-6,8,11H,7,14H2,1-2H3,(H,15,16)/t8-,11?/m0/s1. The summed E-state index contributed by atoms with van der Waals surface area (Å²) in [5, 5.41) is 3.36. The van der Waals surface area contributed by atoms with Crippen LogP contribution in [0.1, 0.15) is 18.6 Å². The van der Waals surface area contributed by atoms with Gasteiger partial charge in [-0.3, -0.25) is 4.79 Å². The summed E-state index contributed by atoms with van der Waals surface area (Å²) in [4.78, 5) is 11.3. The molecule has 0 saturated heterocycles. The van der Waals surface area contributed by atoms with E-state index < -0.39 is 6.04 Å². The lowest BCUT2D eigenvalue weighted by molar-refractivity contribution is -0.122. The smallest absolute Gasteiger partial charge is 0.236 e. The van der Waals surface area contributed by atoms with Gasteiger partial charge in [-0.05, 0) is 24.6 Å². The average molecular weight is 257 g/mol. The fourth-order valence-corrected chi connectivity index (χ4v) is 1.60. The van der Waals surface area contributed by atoms with Gasteiger partial charge in [0.25, 0.3) is 0 Å². The predicted octanol–water partition coefficient (Wildman–Crippen LogP) is 1.49. The van der Waals surface area contributed by atoms with E-state index in [4.69, 9.17) is 22.1 Å². The van der Waals surface area contributed by atoms with Gasteiger partial charge in [0.15, 0.2) is 0 Å². The fraction of sp³-hybridized carbons (Fsp3) is 0.417. The number of ether oxygens (including phenoxy) is 1. The van der Waals surface area contributed by atoms with Crippen LogP contribution < -0.4 is 11.1 Å². The number of rotatable bonds is 5. The highest BCUT2D eigenvalue weighted by molar-refractivity contribution is 6.30. The van der Waals surface area contributed by atoms with Gasteiger partial charge in [-0.2, -0.15) is 0 Å². The number of nitrogens with one attached hydrogen (secondary N) is 1. The van der Waals surface area contributed by atoms with Crippen LogP contribution in [0.3, 0.4) is 0 Å². The molecule has 0 spiro atoms. The Hall–Kier alpha value is -1.10. The number of carbonyl (C=O) groups excluding carboxylic acids is 1. The SMILES string of the molecule is COC(CNC(=O)[C@H](C)N)c1cccc(Cl)c1. The predicted molar refractivity (Wildman–Crippen MR) is 67.9 cm³/mol. The van der Waals surface area contributed by atoms with Gasteiger partial charge >= 0.3 is 0 Å². The summed E-state index contributed by atoms with van der Waals surface area (Å²) in [5.41, 5.74) is 6.37. The molecule has 94 valence electrons. The van der Waals surface area contributed by atoms with Crippen LogP contribution in [0.15, 0.2) is 24.3 Å². The molecule has 0 aromatic heterocycles. The molecular weight excluding hydrogens is 240 g/mol. The van der Waals surface area contributed by atoms with Crippen molar-refractivity contribution < 1.29 is 9.53 Å². The van der Waals surface area contributed by atoms with E-state index in [2.05, 4.69) is 5.32 Å². The molecule has 1 amide bonds. The van der Waals surface area contributed by atoms with Crippen molar-refractivity contribution in [2.24, 2.45) is 5.73 Å². The lowest BCUT2D eigenvalue weighted by Crippen LogP contribution is -2.40. The van der Waals surface area contributed by atoms with Crippen LogP contribution in [0.25, 0.3) is 0 Å². The Morgan fingerprint density at radius 1 is 1.59 bits per heavy atom. The lowest BCUT2D eigenvalue weighted by Gasteiger charge is -2.17. The summed E-state index contributed by atoms with van der Waals surface area (Å²) < 4.78 is 5.31. The Bertz CT molecular complexity index is 383. The molecule has 0 heterocycles. The van der Waals surface area contributed by atoms with Gasteiger partial charge in [-0.25, -0.2) is 0 Å². The molecule has 0 aliphatic carbocycles. The largest absolute Gasteiger partial charge is 0.375 e. The van der Waals surface area contributed by atoms with E-state index in [0.717, 1.165) is 5.56 Å². The van der Waals surface area contributed by atoms with E-state index in [0.29, 0.717) is 11.6 Å². The topological polar surface area (TPSA) is 64.3 Å².